The average Bonchev–Trinajstić information content (AvgIpc) is 3.56. The minimum Gasteiger partial charge on any atom is -0.462 e. The summed E-state index contributed by atoms with van der Waals surface area (Å²) in [7, 11) is 0. The van der Waals surface area contributed by atoms with Crippen LogP contribution in [0.4, 0.5) is 0 Å². The SMILES string of the molecule is CC(c1nc(-c2ccccc2)no1)N1CCN(Cc2csc(-c3ccco3)n2)CC1. The second kappa shape index (κ2) is 8.51. The molecule has 5 rings (SSSR count). The number of nitrogens with zero attached hydrogens (tertiary/aromatic N) is 5. The molecule has 0 aliphatic carbocycles. The molecule has 7 nitrogen and oxygen atoms in total. The topological polar surface area (TPSA) is 71.4 Å². The summed E-state index contributed by atoms with van der Waals surface area (Å²) in [5.41, 5.74) is 2.07. The summed E-state index contributed by atoms with van der Waals surface area (Å²) < 4.78 is 11.0. The number of rotatable bonds is 6. The highest BCUT2D eigenvalue weighted by molar-refractivity contribution is 7.13. The molecule has 1 unspecified atom stereocenters. The van der Waals surface area contributed by atoms with Crippen LogP contribution in [0.1, 0.15) is 24.6 Å². The molecule has 0 amide bonds. The quantitative estimate of drug-likeness (QED) is 0.459. The van der Waals surface area contributed by atoms with Gasteiger partial charge in [0.15, 0.2) is 10.8 Å². The van der Waals surface area contributed by atoms with Gasteiger partial charge in [0, 0.05) is 43.7 Å². The molecule has 1 aliphatic rings. The van der Waals surface area contributed by atoms with Crippen molar-refractivity contribution in [2.45, 2.75) is 19.5 Å². The van der Waals surface area contributed by atoms with Gasteiger partial charge in [-0.15, -0.1) is 11.3 Å². The summed E-state index contributed by atoms with van der Waals surface area (Å²) in [5, 5.41) is 7.22. The van der Waals surface area contributed by atoms with Gasteiger partial charge in [-0.25, -0.2) is 4.98 Å². The minimum atomic E-state index is 0.0990. The van der Waals surface area contributed by atoms with Crippen molar-refractivity contribution in [2.24, 2.45) is 0 Å². The molecule has 4 aromatic rings. The van der Waals surface area contributed by atoms with Crippen LogP contribution in [0.15, 0.2) is 63.0 Å². The van der Waals surface area contributed by atoms with Crippen molar-refractivity contribution in [2.75, 3.05) is 26.2 Å². The molecule has 0 spiro atoms. The molecule has 1 atom stereocenters. The molecule has 0 N–H and O–H groups in total. The normalized spacial score (nSPS) is 16.7. The summed E-state index contributed by atoms with van der Waals surface area (Å²) in [6, 6.07) is 13.9. The number of piperazine rings is 1. The lowest BCUT2D eigenvalue weighted by Gasteiger charge is -2.36. The maximum atomic E-state index is 5.56. The van der Waals surface area contributed by atoms with E-state index < -0.39 is 0 Å². The largest absolute Gasteiger partial charge is 0.462 e. The molecule has 0 radical (unpaired) electrons. The first-order valence-electron chi connectivity index (χ1n) is 10.1. The van der Waals surface area contributed by atoms with Crippen molar-refractivity contribution in [1.82, 2.24) is 24.9 Å². The molecular weight excluding hydrogens is 398 g/mol. The fraction of sp³-hybridized carbons (Fsp3) is 0.318. The van der Waals surface area contributed by atoms with Crippen LogP contribution < -0.4 is 0 Å². The smallest absolute Gasteiger partial charge is 0.244 e. The molecule has 4 heterocycles. The molecular formula is C22H23N5O2S. The van der Waals surface area contributed by atoms with E-state index >= 15 is 0 Å². The Morgan fingerprint density at radius 3 is 2.63 bits per heavy atom. The zero-order valence-corrected chi connectivity index (χ0v) is 17.6. The van der Waals surface area contributed by atoms with E-state index in [1.54, 1.807) is 17.6 Å². The van der Waals surface area contributed by atoms with Crippen LogP contribution in [-0.2, 0) is 6.54 Å². The first-order valence-corrected chi connectivity index (χ1v) is 11.0. The van der Waals surface area contributed by atoms with Gasteiger partial charge in [0.2, 0.25) is 11.7 Å². The molecule has 1 fully saturated rings. The lowest BCUT2D eigenvalue weighted by molar-refractivity contribution is 0.0840. The van der Waals surface area contributed by atoms with E-state index in [9.17, 15) is 0 Å². The second-order valence-electron chi connectivity index (χ2n) is 7.43. The molecule has 154 valence electrons. The van der Waals surface area contributed by atoms with Crippen molar-refractivity contribution < 1.29 is 8.94 Å². The molecule has 0 saturated carbocycles. The highest BCUT2D eigenvalue weighted by Crippen LogP contribution is 2.26. The molecule has 0 bridgehead atoms. The number of furan rings is 1. The first kappa shape index (κ1) is 19.2. The van der Waals surface area contributed by atoms with Gasteiger partial charge in [-0.05, 0) is 19.1 Å². The summed E-state index contributed by atoms with van der Waals surface area (Å²) in [6.45, 7) is 6.88. The van der Waals surface area contributed by atoms with Crippen molar-refractivity contribution in [3.05, 3.63) is 65.7 Å². The summed E-state index contributed by atoms with van der Waals surface area (Å²) in [4.78, 5) is 14.2. The fourth-order valence-corrected chi connectivity index (χ4v) is 4.47. The maximum Gasteiger partial charge on any atom is 0.244 e. The molecule has 30 heavy (non-hydrogen) atoms. The van der Waals surface area contributed by atoms with Crippen molar-refractivity contribution >= 4 is 11.3 Å². The Morgan fingerprint density at radius 2 is 1.87 bits per heavy atom. The van der Waals surface area contributed by atoms with Crippen molar-refractivity contribution in [1.29, 1.82) is 0 Å². The molecule has 1 aromatic carbocycles. The standard InChI is InChI=1S/C22H23N5O2S/c1-16(21-24-20(25-29-21)17-6-3-2-4-7-17)27-11-9-26(10-12-27)14-18-15-30-22(23-18)19-8-5-13-28-19/h2-8,13,15-16H,9-12,14H2,1H3. The van der Waals surface area contributed by atoms with Crippen LogP contribution in [0.2, 0.25) is 0 Å². The molecule has 1 aliphatic heterocycles. The lowest BCUT2D eigenvalue weighted by atomic mass is 10.2. The third-order valence-corrected chi connectivity index (χ3v) is 6.36. The van der Waals surface area contributed by atoms with Gasteiger partial charge in [0.25, 0.3) is 0 Å². The Bertz CT molecular complexity index is 1070. The number of hydrogen-bond donors (Lipinski definition) is 0. The molecule has 3 aromatic heterocycles. The number of benzene rings is 1. The van der Waals surface area contributed by atoms with E-state index in [-0.39, 0.29) is 6.04 Å². The molecule has 8 heteroatoms. The predicted octanol–water partition coefficient (Wildman–Crippen LogP) is 4.33. The van der Waals surface area contributed by atoms with Gasteiger partial charge in [-0.1, -0.05) is 35.5 Å². The number of hydrogen-bond acceptors (Lipinski definition) is 8. The first-order chi connectivity index (χ1) is 14.8. The van der Waals surface area contributed by atoms with Gasteiger partial charge < -0.3 is 8.94 Å². The Morgan fingerprint density at radius 1 is 1.03 bits per heavy atom. The van der Waals surface area contributed by atoms with Crippen molar-refractivity contribution in [3.63, 3.8) is 0 Å². The zero-order chi connectivity index (χ0) is 20.3. The van der Waals surface area contributed by atoms with E-state index in [1.807, 2.05) is 42.5 Å². The molecule has 1 saturated heterocycles. The third-order valence-electron chi connectivity index (χ3n) is 5.46. The second-order valence-corrected chi connectivity index (χ2v) is 8.29. The average molecular weight is 422 g/mol. The van der Waals surface area contributed by atoms with Crippen LogP contribution in [-0.4, -0.2) is 51.1 Å². The summed E-state index contributed by atoms with van der Waals surface area (Å²) >= 11 is 1.63. The Labute approximate surface area is 179 Å². The van der Waals surface area contributed by atoms with Crippen LogP contribution in [0.5, 0.6) is 0 Å². The Hall–Kier alpha value is -2.81. The highest BCUT2D eigenvalue weighted by Gasteiger charge is 2.26. The van der Waals surface area contributed by atoms with Crippen LogP contribution >= 0.6 is 11.3 Å². The van der Waals surface area contributed by atoms with E-state index in [2.05, 4.69) is 32.2 Å². The Kier molecular flexibility index (Phi) is 5.44. The summed E-state index contributed by atoms with van der Waals surface area (Å²) in [5.74, 6) is 2.15. The van der Waals surface area contributed by atoms with E-state index in [0.717, 1.165) is 54.7 Å². The zero-order valence-electron chi connectivity index (χ0n) is 16.8. The van der Waals surface area contributed by atoms with E-state index in [4.69, 9.17) is 13.9 Å². The third kappa shape index (κ3) is 4.07. The maximum absolute atomic E-state index is 5.56. The number of aromatic nitrogens is 3. The number of thiazole rings is 1. The van der Waals surface area contributed by atoms with Gasteiger partial charge in [-0.3, -0.25) is 9.80 Å². The van der Waals surface area contributed by atoms with Crippen LogP contribution in [0, 0.1) is 0 Å². The highest BCUT2D eigenvalue weighted by atomic mass is 32.1. The lowest BCUT2D eigenvalue weighted by Crippen LogP contribution is -2.46. The van der Waals surface area contributed by atoms with E-state index in [1.165, 1.54) is 0 Å². The van der Waals surface area contributed by atoms with Gasteiger partial charge in [0.1, 0.15) is 0 Å². The van der Waals surface area contributed by atoms with Crippen LogP contribution in [0.25, 0.3) is 22.2 Å². The Balaban J connectivity index is 1.17. The van der Waals surface area contributed by atoms with Gasteiger partial charge >= 0.3 is 0 Å². The van der Waals surface area contributed by atoms with Gasteiger partial charge in [-0.2, -0.15) is 4.98 Å². The van der Waals surface area contributed by atoms with Crippen LogP contribution in [0.3, 0.4) is 0 Å². The van der Waals surface area contributed by atoms with Crippen molar-refractivity contribution in [3.8, 4) is 22.2 Å². The predicted molar refractivity (Wildman–Crippen MR) is 115 cm³/mol. The van der Waals surface area contributed by atoms with E-state index in [0.29, 0.717) is 11.7 Å². The fourth-order valence-electron chi connectivity index (χ4n) is 3.70. The summed E-state index contributed by atoms with van der Waals surface area (Å²) in [6.07, 6.45) is 1.68. The monoisotopic (exact) mass is 421 g/mol. The minimum absolute atomic E-state index is 0.0990. The van der Waals surface area contributed by atoms with Gasteiger partial charge in [0.05, 0.1) is 18.0 Å².